The first-order chi connectivity index (χ1) is 14.8. The highest BCUT2D eigenvalue weighted by Crippen LogP contribution is 2.66. The van der Waals surface area contributed by atoms with E-state index in [4.69, 9.17) is 4.74 Å². The summed E-state index contributed by atoms with van der Waals surface area (Å²) >= 11 is 0. The zero-order chi connectivity index (χ0) is 21.8. The largest absolute Gasteiger partial charge is 0.462 e. The number of nitrogens with zero attached hydrogens (tertiary/aromatic N) is 1. The van der Waals surface area contributed by atoms with Crippen LogP contribution in [-0.4, -0.2) is 17.1 Å². The first kappa shape index (κ1) is 21.0. The van der Waals surface area contributed by atoms with Gasteiger partial charge in [0.2, 0.25) is 0 Å². The zero-order valence-corrected chi connectivity index (χ0v) is 19.6. The second-order valence-corrected chi connectivity index (χ2v) is 11.3. The summed E-state index contributed by atoms with van der Waals surface area (Å²) in [5, 5.41) is 0. The number of hydrogen-bond donors (Lipinski definition) is 0. The third kappa shape index (κ3) is 3.31. The third-order valence-corrected chi connectivity index (χ3v) is 9.37. The maximum absolute atomic E-state index is 12.1. The van der Waals surface area contributed by atoms with Crippen molar-refractivity contribution < 1.29 is 9.53 Å². The fourth-order valence-electron chi connectivity index (χ4n) is 7.57. The predicted octanol–water partition coefficient (Wildman–Crippen LogP) is 6.61. The molecule has 3 heteroatoms. The second kappa shape index (κ2) is 7.60. The lowest BCUT2D eigenvalue weighted by molar-refractivity contribution is -0.155. The Morgan fingerprint density at radius 3 is 2.65 bits per heavy atom. The molecule has 0 bridgehead atoms. The van der Waals surface area contributed by atoms with E-state index in [1.54, 1.807) is 5.57 Å². The molecule has 4 aliphatic carbocycles. The Labute approximate surface area is 187 Å². The normalized spacial score (nSPS) is 39.1. The number of allylic oxidation sites excluding steroid dienone is 3. The van der Waals surface area contributed by atoms with E-state index in [0.717, 1.165) is 37.0 Å². The number of fused-ring (bicyclic) bond motifs is 5. The molecule has 0 aromatic carbocycles. The number of carbonyl (C=O) groups excluding carboxylic acids is 1. The molecule has 5 rings (SSSR count). The highest BCUT2D eigenvalue weighted by molar-refractivity contribution is 5.72. The SMILES string of the molecule is CC(C)C(=O)O[C@H]1CC[C@@]2(C)C(=CC[C@@H]3[C@@H]2CC[C@]2(C)C(c4cccnc4)=CC[C@@H]32)C1. The van der Waals surface area contributed by atoms with Crippen LogP contribution in [-0.2, 0) is 9.53 Å². The minimum absolute atomic E-state index is 0.0436. The summed E-state index contributed by atoms with van der Waals surface area (Å²) in [4.78, 5) is 16.5. The smallest absolute Gasteiger partial charge is 0.308 e. The van der Waals surface area contributed by atoms with Crippen molar-refractivity contribution in [3.05, 3.63) is 47.8 Å². The van der Waals surface area contributed by atoms with E-state index in [1.807, 2.05) is 26.2 Å². The van der Waals surface area contributed by atoms with Crippen LogP contribution in [0.25, 0.3) is 5.57 Å². The van der Waals surface area contributed by atoms with Gasteiger partial charge >= 0.3 is 5.97 Å². The van der Waals surface area contributed by atoms with Crippen molar-refractivity contribution in [1.29, 1.82) is 0 Å². The topological polar surface area (TPSA) is 39.2 Å². The third-order valence-electron chi connectivity index (χ3n) is 9.37. The summed E-state index contributed by atoms with van der Waals surface area (Å²) in [6.45, 7) is 8.88. The summed E-state index contributed by atoms with van der Waals surface area (Å²) in [6.07, 6.45) is 17.1. The van der Waals surface area contributed by atoms with Gasteiger partial charge in [-0.15, -0.1) is 0 Å². The fourth-order valence-corrected chi connectivity index (χ4v) is 7.57. The molecule has 4 aliphatic rings. The van der Waals surface area contributed by atoms with E-state index in [2.05, 4.69) is 43.1 Å². The van der Waals surface area contributed by atoms with Crippen LogP contribution in [0.2, 0.25) is 0 Å². The predicted molar refractivity (Wildman–Crippen MR) is 124 cm³/mol. The van der Waals surface area contributed by atoms with Crippen molar-refractivity contribution in [3.8, 4) is 0 Å². The van der Waals surface area contributed by atoms with E-state index < -0.39 is 0 Å². The molecule has 6 atom stereocenters. The average Bonchev–Trinajstić information content (AvgIpc) is 3.11. The number of esters is 1. The molecule has 0 spiro atoms. The van der Waals surface area contributed by atoms with Crippen LogP contribution in [0.15, 0.2) is 42.3 Å². The van der Waals surface area contributed by atoms with Gasteiger partial charge in [-0.1, -0.05) is 51.5 Å². The molecule has 0 unspecified atom stereocenters. The molecule has 31 heavy (non-hydrogen) atoms. The summed E-state index contributed by atoms with van der Waals surface area (Å²) in [7, 11) is 0. The number of carbonyl (C=O) groups is 1. The molecule has 0 saturated heterocycles. The molecule has 2 fully saturated rings. The lowest BCUT2D eigenvalue weighted by Crippen LogP contribution is -2.50. The fraction of sp³-hybridized carbons (Fsp3) is 0.643. The van der Waals surface area contributed by atoms with Crippen LogP contribution >= 0.6 is 0 Å². The second-order valence-electron chi connectivity index (χ2n) is 11.3. The highest BCUT2D eigenvalue weighted by atomic mass is 16.5. The van der Waals surface area contributed by atoms with Crippen molar-refractivity contribution in [3.63, 3.8) is 0 Å². The Bertz CT molecular complexity index is 916. The van der Waals surface area contributed by atoms with Crippen LogP contribution in [0.4, 0.5) is 0 Å². The zero-order valence-electron chi connectivity index (χ0n) is 19.6. The standard InChI is InChI=1S/C28H37NO2/c1-18(2)26(30)31-21-11-13-27(3)20(16-21)7-8-22-24-10-9-23(19-6-5-15-29-17-19)28(24,4)14-12-25(22)27/h5-7,9,15,17-18,21-22,24-25H,8,10-14,16H2,1-4H3/t21-,22-,24-,25-,27-,28+/m0/s1. The van der Waals surface area contributed by atoms with Crippen LogP contribution < -0.4 is 0 Å². The summed E-state index contributed by atoms with van der Waals surface area (Å²) in [6, 6.07) is 4.30. The Balaban J connectivity index is 1.37. The molecule has 2 saturated carbocycles. The maximum Gasteiger partial charge on any atom is 0.308 e. The number of pyridine rings is 1. The molecular weight excluding hydrogens is 382 g/mol. The van der Waals surface area contributed by atoms with Gasteiger partial charge in [-0.25, -0.2) is 0 Å². The highest BCUT2D eigenvalue weighted by Gasteiger charge is 2.57. The van der Waals surface area contributed by atoms with E-state index in [-0.39, 0.29) is 28.8 Å². The van der Waals surface area contributed by atoms with E-state index >= 15 is 0 Å². The van der Waals surface area contributed by atoms with Crippen LogP contribution in [0.3, 0.4) is 0 Å². The van der Waals surface area contributed by atoms with Gasteiger partial charge in [0.15, 0.2) is 0 Å². The van der Waals surface area contributed by atoms with Crippen molar-refractivity contribution in [2.24, 2.45) is 34.5 Å². The lowest BCUT2D eigenvalue weighted by atomic mass is 9.47. The Kier molecular flexibility index (Phi) is 5.14. The van der Waals surface area contributed by atoms with Gasteiger partial charge in [0, 0.05) is 18.8 Å². The lowest BCUT2D eigenvalue weighted by Gasteiger charge is -2.57. The molecule has 0 N–H and O–H groups in total. The van der Waals surface area contributed by atoms with Crippen molar-refractivity contribution in [1.82, 2.24) is 4.98 Å². The number of aromatic nitrogens is 1. The van der Waals surface area contributed by atoms with Gasteiger partial charge in [-0.2, -0.15) is 0 Å². The van der Waals surface area contributed by atoms with Gasteiger partial charge in [0.05, 0.1) is 5.92 Å². The molecule has 1 aromatic heterocycles. The van der Waals surface area contributed by atoms with Crippen molar-refractivity contribution in [2.45, 2.75) is 78.7 Å². The molecule has 166 valence electrons. The van der Waals surface area contributed by atoms with Gasteiger partial charge < -0.3 is 4.74 Å². The molecular formula is C28H37NO2. The van der Waals surface area contributed by atoms with Gasteiger partial charge in [-0.05, 0) is 84.3 Å². The summed E-state index contributed by atoms with van der Waals surface area (Å²) in [5.74, 6) is 2.16. The maximum atomic E-state index is 12.1. The first-order valence-corrected chi connectivity index (χ1v) is 12.3. The molecule has 1 aromatic rings. The summed E-state index contributed by atoms with van der Waals surface area (Å²) in [5.41, 5.74) is 4.98. The number of rotatable bonds is 3. The Morgan fingerprint density at radius 1 is 1.10 bits per heavy atom. The molecule has 0 aliphatic heterocycles. The van der Waals surface area contributed by atoms with Crippen LogP contribution in [0, 0.1) is 34.5 Å². The molecule has 3 nitrogen and oxygen atoms in total. The first-order valence-electron chi connectivity index (χ1n) is 12.3. The quantitative estimate of drug-likeness (QED) is 0.409. The van der Waals surface area contributed by atoms with Crippen molar-refractivity contribution in [2.75, 3.05) is 0 Å². The van der Waals surface area contributed by atoms with Crippen molar-refractivity contribution >= 4 is 11.5 Å². The Morgan fingerprint density at radius 2 is 1.90 bits per heavy atom. The monoisotopic (exact) mass is 419 g/mol. The molecule has 0 radical (unpaired) electrons. The van der Waals surface area contributed by atoms with E-state index in [1.165, 1.54) is 36.8 Å². The van der Waals surface area contributed by atoms with Crippen LogP contribution in [0.1, 0.15) is 78.2 Å². The summed E-state index contributed by atoms with van der Waals surface area (Å²) < 4.78 is 5.84. The molecule has 0 amide bonds. The van der Waals surface area contributed by atoms with E-state index in [9.17, 15) is 4.79 Å². The number of hydrogen-bond acceptors (Lipinski definition) is 3. The molecule has 1 heterocycles. The van der Waals surface area contributed by atoms with Gasteiger partial charge in [-0.3, -0.25) is 9.78 Å². The minimum atomic E-state index is -0.0451. The number of ether oxygens (including phenoxy) is 1. The van der Waals surface area contributed by atoms with Gasteiger partial charge in [0.25, 0.3) is 0 Å². The minimum Gasteiger partial charge on any atom is -0.462 e. The van der Waals surface area contributed by atoms with E-state index in [0.29, 0.717) is 0 Å². The van der Waals surface area contributed by atoms with Crippen LogP contribution in [0.5, 0.6) is 0 Å². The average molecular weight is 420 g/mol. The van der Waals surface area contributed by atoms with Gasteiger partial charge in [0.1, 0.15) is 6.10 Å². The Hall–Kier alpha value is -1.90.